The highest BCUT2D eigenvalue weighted by Crippen LogP contribution is 2.30. The lowest BCUT2D eigenvalue weighted by molar-refractivity contribution is -0.138. The number of pyridine rings is 1. The lowest BCUT2D eigenvalue weighted by Gasteiger charge is -2.14. The zero-order chi connectivity index (χ0) is 13.8. The quantitative estimate of drug-likeness (QED) is 0.832. The van der Waals surface area contributed by atoms with Crippen molar-refractivity contribution in [3.05, 3.63) is 23.6 Å². The number of ether oxygens (including phenoxy) is 1. The van der Waals surface area contributed by atoms with Crippen LogP contribution >= 0.6 is 0 Å². The van der Waals surface area contributed by atoms with E-state index in [1.807, 2.05) is 13.8 Å². The molecule has 18 heavy (non-hydrogen) atoms. The van der Waals surface area contributed by atoms with Crippen LogP contribution in [-0.4, -0.2) is 24.2 Å². The molecule has 1 N–H and O–H groups in total. The van der Waals surface area contributed by atoms with Crippen LogP contribution in [0.5, 0.6) is 5.88 Å². The molecule has 0 saturated heterocycles. The monoisotopic (exact) mass is 266 g/mol. The summed E-state index contributed by atoms with van der Waals surface area (Å²) in [5.41, 5.74) is -1.13. The highest BCUT2D eigenvalue weighted by Gasteiger charge is 2.32. The number of aromatic nitrogens is 1. The molecule has 1 heterocycles. The summed E-state index contributed by atoms with van der Waals surface area (Å²) >= 11 is 0. The molecule has 1 unspecified atom stereocenters. The fraction of sp³-hybridized carbons (Fsp3) is 0.545. The van der Waals surface area contributed by atoms with Crippen LogP contribution < -0.4 is 10.1 Å². The minimum atomic E-state index is -4.61. The molecule has 1 rings (SSSR count). The third-order valence-electron chi connectivity index (χ3n) is 2.16. The predicted octanol–water partition coefficient (Wildman–Crippen LogP) is 2.62. The Labute approximate surface area is 102 Å². The van der Waals surface area contributed by atoms with Gasteiger partial charge in [0.15, 0.2) is 5.82 Å². The zero-order valence-electron chi connectivity index (χ0n) is 10.0. The van der Waals surface area contributed by atoms with Crippen molar-refractivity contribution in [2.75, 3.05) is 13.2 Å². The number of alkyl halides is 3. The van der Waals surface area contributed by atoms with Gasteiger partial charge in [0.1, 0.15) is 6.61 Å². The number of halogens is 4. The van der Waals surface area contributed by atoms with Crippen molar-refractivity contribution in [3.8, 4) is 5.88 Å². The van der Waals surface area contributed by atoms with E-state index in [2.05, 4.69) is 10.3 Å². The van der Waals surface area contributed by atoms with Crippen molar-refractivity contribution < 1.29 is 22.3 Å². The average molecular weight is 266 g/mol. The lowest BCUT2D eigenvalue weighted by Crippen LogP contribution is -2.31. The molecule has 1 aromatic heterocycles. The van der Waals surface area contributed by atoms with E-state index in [9.17, 15) is 17.6 Å². The van der Waals surface area contributed by atoms with E-state index < -0.39 is 23.4 Å². The topological polar surface area (TPSA) is 34.1 Å². The van der Waals surface area contributed by atoms with Crippen LogP contribution in [-0.2, 0) is 6.18 Å². The minimum Gasteiger partial charge on any atom is -0.474 e. The molecule has 0 aromatic carbocycles. The average Bonchev–Trinajstić information content (AvgIpc) is 2.26. The van der Waals surface area contributed by atoms with Gasteiger partial charge in [0, 0.05) is 12.2 Å². The molecule has 0 radical (unpaired) electrons. The fourth-order valence-corrected chi connectivity index (χ4v) is 1.30. The molecule has 3 nitrogen and oxygen atoms in total. The molecule has 0 aliphatic carbocycles. The van der Waals surface area contributed by atoms with Crippen molar-refractivity contribution in [3.63, 3.8) is 0 Å². The lowest BCUT2D eigenvalue weighted by atomic mass is 10.3. The van der Waals surface area contributed by atoms with Crippen molar-refractivity contribution in [1.29, 1.82) is 0 Å². The van der Waals surface area contributed by atoms with Crippen LogP contribution in [0.15, 0.2) is 12.3 Å². The molecule has 0 aliphatic rings. The van der Waals surface area contributed by atoms with Gasteiger partial charge in [-0.15, -0.1) is 0 Å². The van der Waals surface area contributed by atoms with Crippen LogP contribution in [0.1, 0.15) is 19.4 Å². The summed E-state index contributed by atoms with van der Waals surface area (Å²) in [6.07, 6.45) is -4.06. The first-order chi connectivity index (χ1) is 8.34. The smallest absolute Gasteiger partial charge is 0.417 e. The van der Waals surface area contributed by atoms with Crippen molar-refractivity contribution >= 4 is 0 Å². The normalized spacial score (nSPS) is 13.4. The maximum Gasteiger partial charge on any atom is 0.417 e. The molecule has 0 amide bonds. The van der Waals surface area contributed by atoms with Crippen molar-refractivity contribution in [2.45, 2.75) is 26.1 Å². The van der Waals surface area contributed by atoms with Gasteiger partial charge in [-0.3, -0.25) is 0 Å². The first kappa shape index (κ1) is 14.7. The third kappa shape index (κ3) is 4.14. The molecule has 0 fully saturated rings. The highest BCUT2D eigenvalue weighted by molar-refractivity contribution is 5.22. The number of rotatable bonds is 5. The van der Waals surface area contributed by atoms with Gasteiger partial charge >= 0.3 is 6.18 Å². The summed E-state index contributed by atoms with van der Waals surface area (Å²) in [5, 5.41) is 3.02. The van der Waals surface area contributed by atoms with Crippen molar-refractivity contribution in [1.82, 2.24) is 10.3 Å². The molecule has 0 aliphatic heterocycles. The van der Waals surface area contributed by atoms with Crippen LogP contribution in [0.3, 0.4) is 0 Å². The SMILES string of the molecule is CCNC(C)COc1ncc(C(F)(F)F)cc1F. The van der Waals surface area contributed by atoms with Gasteiger partial charge in [0.2, 0.25) is 5.88 Å². The third-order valence-corrected chi connectivity index (χ3v) is 2.16. The Hall–Kier alpha value is -1.37. The van der Waals surface area contributed by atoms with Crippen LogP contribution in [0, 0.1) is 5.82 Å². The second-order valence-corrected chi connectivity index (χ2v) is 3.78. The van der Waals surface area contributed by atoms with Gasteiger partial charge in [-0.25, -0.2) is 9.37 Å². The minimum absolute atomic E-state index is 0.0431. The number of nitrogens with zero attached hydrogens (tertiary/aromatic N) is 1. The molecule has 0 bridgehead atoms. The Morgan fingerprint density at radius 2 is 2.11 bits per heavy atom. The molecule has 0 spiro atoms. The Balaban J connectivity index is 2.69. The largest absolute Gasteiger partial charge is 0.474 e. The zero-order valence-corrected chi connectivity index (χ0v) is 10.0. The number of likely N-dealkylation sites (N-methyl/N-ethyl adjacent to an activating group) is 1. The Kier molecular flexibility index (Phi) is 4.89. The van der Waals surface area contributed by atoms with Gasteiger partial charge in [-0.05, 0) is 19.5 Å². The Bertz CT molecular complexity index is 395. The van der Waals surface area contributed by atoms with Gasteiger partial charge in [0.05, 0.1) is 5.56 Å². The van der Waals surface area contributed by atoms with Gasteiger partial charge in [-0.2, -0.15) is 13.2 Å². The molecule has 102 valence electrons. The summed E-state index contributed by atoms with van der Waals surface area (Å²) in [5.74, 6) is -1.54. The molecular weight excluding hydrogens is 252 g/mol. The standard InChI is InChI=1S/C11H14F4N2O/c1-3-16-7(2)6-18-10-9(12)4-8(5-17-10)11(13,14)15/h4-5,7,16H,3,6H2,1-2H3. The van der Waals surface area contributed by atoms with E-state index in [1.165, 1.54) is 0 Å². The van der Waals surface area contributed by atoms with Crippen LogP contribution in [0.2, 0.25) is 0 Å². The van der Waals surface area contributed by atoms with E-state index in [0.717, 1.165) is 0 Å². The number of hydrogen-bond acceptors (Lipinski definition) is 3. The number of nitrogens with one attached hydrogen (secondary N) is 1. The molecule has 1 atom stereocenters. The fourth-order valence-electron chi connectivity index (χ4n) is 1.30. The molecule has 0 saturated carbocycles. The van der Waals surface area contributed by atoms with Gasteiger partial charge < -0.3 is 10.1 Å². The van der Waals surface area contributed by atoms with E-state index in [1.54, 1.807) is 0 Å². The van der Waals surface area contributed by atoms with Gasteiger partial charge in [-0.1, -0.05) is 6.92 Å². The summed E-state index contributed by atoms with van der Waals surface area (Å²) < 4.78 is 55.1. The van der Waals surface area contributed by atoms with Crippen LogP contribution in [0.4, 0.5) is 17.6 Å². The first-order valence-corrected chi connectivity index (χ1v) is 5.43. The Morgan fingerprint density at radius 3 is 2.61 bits per heavy atom. The van der Waals surface area contributed by atoms with E-state index in [0.29, 0.717) is 18.8 Å². The summed E-state index contributed by atoms with van der Waals surface area (Å²) in [7, 11) is 0. The van der Waals surface area contributed by atoms with E-state index >= 15 is 0 Å². The molecular formula is C11H14F4N2O. The highest BCUT2D eigenvalue weighted by atomic mass is 19.4. The van der Waals surface area contributed by atoms with E-state index in [4.69, 9.17) is 4.74 Å². The maximum absolute atomic E-state index is 13.3. The summed E-state index contributed by atoms with van der Waals surface area (Å²) in [6.45, 7) is 4.55. The van der Waals surface area contributed by atoms with Crippen molar-refractivity contribution in [2.24, 2.45) is 0 Å². The second-order valence-electron chi connectivity index (χ2n) is 3.78. The first-order valence-electron chi connectivity index (χ1n) is 5.43. The molecule has 7 heteroatoms. The second kappa shape index (κ2) is 5.99. The summed E-state index contributed by atoms with van der Waals surface area (Å²) in [6, 6.07) is 0.332. The Morgan fingerprint density at radius 1 is 1.44 bits per heavy atom. The summed E-state index contributed by atoms with van der Waals surface area (Å²) in [4.78, 5) is 3.33. The van der Waals surface area contributed by atoms with E-state index in [-0.39, 0.29) is 12.6 Å². The number of hydrogen-bond donors (Lipinski definition) is 1. The molecule has 1 aromatic rings. The predicted molar refractivity (Wildman–Crippen MR) is 57.8 cm³/mol. The van der Waals surface area contributed by atoms with Crippen LogP contribution in [0.25, 0.3) is 0 Å². The maximum atomic E-state index is 13.3. The van der Waals surface area contributed by atoms with Gasteiger partial charge in [0.25, 0.3) is 0 Å².